The summed E-state index contributed by atoms with van der Waals surface area (Å²) in [6.07, 6.45) is 22.1. The summed E-state index contributed by atoms with van der Waals surface area (Å²) in [5.41, 5.74) is 9.92. The van der Waals surface area contributed by atoms with E-state index in [-0.39, 0.29) is 52.0 Å². The van der Waals surface area contributed by atoms with E-state index in [4.69, 9.17) is 45.3 Å². The molecule has 57 heavy (non-hydrogen) atoms. The smallest absolute Gasteiger partial charge is 0.677 e. The van der Waals surface area contributed by atoms with E-state index in [9.17, 15) is 9.59 Å². The molecule has 0 aromatic carbocycles. The van der Waals surface area contributed by atoms with Gasteiger partial charge in [-0.15, -0.1) is 0 Å². The van der Waals surface area contributed by atoms with Crippen molar-refractivity contribution >= 4 is 29.8 Å². The number of fused-ring (bicyclic) bond motifs is 5. The van der Waals surface area contributed by atoms with Crippen LogP contribution in [-0.4, -0.2) is 75.5 Å². The van der Waals surface area contributed by atoms with Gasteiger partial charge in [-0.1, -0.05) is 91.2 Å². The topological polar surface area (TPSA) is 211 Å². The molecule has 0 heterocycles. The van der Waals surface area contributed by atoms with Gasteiger partial charge in [0.05, 0.1) is 19.1 Å². The van der Waals surface area contributed by atoms with E-state index in [0.717, 1.165) is 61.7 Å². The fourth-order valence-corrected chi connectivity index (χ4v) is 10.7. The predicted molar refractivity (Wildman–Crippen MR) is 217 cm³/mol. The van der Waals surface area contributed by atoms with E-state index in [0.29, 0.717) is 29.9 Å². The van der Waals surface area contributed by atoms with Crippen molar-refractivity contribution in [3.05, 3.63) is 24.3 Å². The number of carbonyl (C=O) groups excluding carboxylic acids is 1. The van der Waals surface area contributed by atoms with Crippen molar-refractivity contribution in [2.45, 2.75) is 163 Å². The van der Waals surface area contributed by atoms with Gasteiger partial charge < -0.3 is 43.1 Å². The molecule has 4 fully saturated rings. The van der Waals surface area contributed by atoms with Gasteiger partial charge in [-0.2, -0.15) is 12.0 Å². The van der Waals surface area contributed by atoms with Crippen LogP contribution < -0.4 is 5.32 Å². The Kier molecular flexibility index (Phi) is 23.4. The van der Waals surface area contributed by atoms with Crippen LogP contribution >= 0.6 is 0 Å². The maximum atomic E-state index is 11.8. The molecule has 13 heteroatoms. The number of rotatable bonds is 12. The van der Waals surface area contributed by atoms with Crippen LogP contribution in [0.2, 0.25) is 0 Å². The molecule has 3 unspecified atom stereocenters. The maximum Gasteiger partial charge on any atom is 2.00 e. The molecule has 0 aromatic rings. The third-order valence-corrected chi connectivity index (χ3v) is 13.7. The molecule has 12 nitrogen and oxygen atoms in total. The Morgan fingerprint density at radius 1 is 0.895 bits per heavy atom. The van der Waals surface area contributed by atoms with Crippen molar-refractivity contribution < 1.29 is 70.2 Å². The minimum Gasteiger partial charge on any atom is -0.677 e. The Labute approximate surface area is 356 Å². The van der Waals surface area contributed by atoms with Crippen LogP contribution in [0.3, 0.4) is 0 Å². The van der Waals surface area contributed by atoms with Gasteiger partial charge in [-0.05, 0) is 97.7 Å². The number of amides is 1. The summed E-state index contributed by atoms with van der Waals surface area (Å²) >= 11 is 0. The second kappa shape index (κ2) is 25.4. The first kappa shape index (κ1) is 52.7. The number of ether oxygens (including phenoxy) is 1. The summed E-state index contributed by atoms with van der Waals surface area (Å²) in [7, 11) is 0. The monoisotopic (exact) mass is 985 g/mol. The third kappa shape index (κ3) is 16.7. The molecule has 5 rings (SSSR count). The Balaban J connectivity index is 0.000000706. The van der Waals surface area contributed by atoms with Crippen molar-refractivity contribution in [3.63, 3.8) is 0 Å². The average molecular weight is 986 g/mol. The molecular formula is C44H74N2O10Pt. The summed E-state index contributed by atoms with van der Waals surface area (Å²) < 4.78 is 6.19. The molecule has 0 radical (unpaired) electrons. The fraction of sp³-hybridized carbons (Fsp3) is 0.818. The summed E-state index contributed by atoms with van der Waals surface area (Å²) in [6, 6.07) is 0.142. The quantitative estimate of drug-likeness (QED) is 0.0542. The normalized spacial score (nSPS) is 31.5. The Morgan fingerprint density at radius 2 is 1.53 bits per heavy atom. The molecule has 10 atom stereocenters. The van der Waals surface area contributed by atoms with Gasteiger partial charge >= 0.3 is 39.0 Å². The van der Waals surface area contributed by atoms with Gasteiger partial charge in [-0.3, -0.25) is 14.4 Å². The SMILES string of the molecule is CC(=O)O.CC(C)CCC[C@@H](C)[C@H]1CCC2C3CC=C4C[C@@H](OCCNC(=O)CCC(=O)O)CC[C@]4(C)C3CC[C@@]21C.O=C(O)C(=O)O.[CH2-][C@H]1CCCC[C@@H]1[NH-].[Pt+2]. The summed E-state index contributed by atoms with van der Waals surface area (Å²) in [4.78, 5) is 49.6. The predicted octanol–water partition coefficient (Wildman–Crippen LogP) is 9.07. The molecule has 0 saturated heterocycles. The van der Waals surface area contributed by atoms with Crippen LogP contribution in [0, 0.1) is 59.2 Å². The van der Waals surface area contributed by atoms with Crippen LogP contribution in [-0.2, 0) is 49.8 Å². The van der Waals surface area contributed by atoms with Crippen molar-refractivity contribution in [3.8, 4) is 0 Å². The molecule has 5 aliphatic rings. The first-order chi connectivity index (χ1) is 26.2. The van der Waals surface area contributed by atoms with Crippen molar-refractivity contribution in [1.82, 2.24) is 5.32 Å². The van der Waals surface area contributed by atoms with Gasteiger partial charge in [0, 0.05) is 19.9 Å². The number of hydrogen-bond acceptors (Lipinski definition) is 6. The average Bonchev–Trinajstić information content (AvgIpc) is 3.48. The van der Waals surface area contributed by atoms with Crippen LogP contribution in [0.4, 0.5) is 0 Å². The number of hydrogen-bond donors (Lipinski definition) is 5. The Bertz CT molecular complexity index is 1300. The molecule has 1 amide bonds. The van der Waals surface area contributed by atoms with Gasteiger partial charge in [-0.25, -0.2) is 9.59 Å². The molecule has 0 aliphatic heterocycles. The van der Waals surface area contributed by atoms with Crippen molar-refractivity contribution in [1.29, 1.82) is 0 Å². The first-order valence-corrected chi connectivity index (χ1v) is 21.2. The Hall–Kier alpha value is -2.30. The number of carbonyl (C=O) groups is 5. The fourth-order valence-electron chi connectivity index (χ4n) is 10.7. The zero-order valence-electron chi connectivity index (χ0n) is 35.5. The molecule has 0 bridgehead atoms. The number of allylic oxidation sites excluding steroid dienone is 1. The molecule has 0 spiro atoms. The largest absolute Gasteiger partial charge is 2.00 e. The van der Waals surface area contributed by atoms with Crippen molar-refractivity contribution in [2.75, 3.05) is 13.2 Å². The molecular weight excluding hydrogens is 912 g/mol. The number of aliphatic carboxylic acids is 4. The molecule has 0 aromatic heterocycles. The number of carboxylic acid groups (broad SMARTS) is 4. The van der Waals surface area contributed by atoms with E-state index in [2.05, 4.69) is 52.9 Å². The minimum absolute atomic E-state index is 0. The minimum atomic E-state index is -1.82. The zero-order chi connectivity index (χ0) is 42.2. The first-order valence-electron chi connectivity index (χ1n) is 21.2. The molecule has 6 N–H and O–H groups in total. The molecule has 4 saturated carbocycles. The second-order valence-electron chi connectivity index (χ2n) is 18.0. The summed E-state index contributed by atoms with van der Waals surface area (Å²) in [6.45, 7) is 18.4. The van der Waals surface area contributed by atoms with Crippen LogP contribution in [0.15, 0.2) is 11.6 Å². The standard InChI is InChI=1S/C33H55NO4.C7H13N.C2H2O4.C2H4O2.Pt/c1-22(2)7-6-8-23(3)27-11-12-28-26-10-9-24-21-25(38-20-19-34-30(35)13-14-31(36)37)15-17-32(24,4)29(26)16-18-33(27,28)5;1-6-4-2-3-5-7(6)8;3-1(4)2(5)6;1-2(3)4;/h9,22-23,25-29H,6-8,10-21H2,1-5H3,(H,34,35)(H,36,37);6-8H,1-5H2;(H,3,4)(H,5,6);1H3,(H,3,4);/q;-2;;;+2/t23-,25+,26?,27-,28?,29?,32+,33-;6-,7-;;;/m10.../s1. The van der Waals surface area contributed by atoms with E-state index in [1.165, 1.54) is 77.0 Å². The van der Waals surface area contributed by atoms with Gasteiger partial charge in [0.15, 0.2) is 0 Å². The van der Waals surface area contributed by atoms with Crippen molar-refractivity contribution in [2.24, 2.45) is 52.3 Å². The summed E-state index contributed by atoms with van der Waals surface area (Å²) in [5, 5.41) is 33.7. The summed E-state index contributed by atoms with van der Waals surface area (Å²) in [5.74, 6) is -0.0407. The van der Waals surface area contributed by atoms with E-state index < -0.39 is 23.9 Å². The Morgan fingerprint density at radius 3 is 2.07 bits per heavy atom. The van der Waals surface area contributed by atoms with Crippen LogP contribution in [0.5, 0.6) is 0 Å². The van der Waals surface area contributed by atoms with Gasteiger partial charge in [0.25, 0.3) is 5.97 Å². The van der Waals surface area contributed by atoms with E-state index in [1.54, 1.807) is 5.57 Å². The van der Waals surface area contributed by atoms with Gasteiger partial charge in [0.1, 0.15) is 0 Å². The zero-order valence-corrected chi connectivity index (χ0v) is 37.7. The maximum absolute atomic E-state index is 11.8. The number of nitrogens with one attached hydrogen (secondary N) is 2. The van der Waals surface area contributed by atoms with E-state index >= 15 is 0 Å². The molecule has 330 valence electrons. The van der Waals surface area contributed by atoms with Crippen LogP contribution in [0.25, 0.3) is 5.73 Å². The number of carboxylic acids is 4. The second-order valence-corrected chi connectivity index (χ2v) is 18.0. The molecule has 5 aliphatic carbocycles. The van der Waals surface area contributed by atoms with Gasteiger partial charge in [0.2, 0.25) is 5.91 Å². The van der Waals surface area contributed by atoms with Crippen LogP contribution in [0.1, 0.15) is 151 Å². The third-order valence-electron chi connectivity index (χ3n) is 13.7. The van der Waals surface area contributed by atoms with E-state index in [1.807, 2.05) is 0 Å².